The molecule has 49 heteroatoms. The van der Waals surface area contributed by atoms with Gasteiger partial charge in [0.2, 0.25) is 0 Å². The van der Waals surface area contributed by atoms with Gasteiger partial charge in [0.1, 0.15) is 146 Å². The third-order valence-corrected chi connectivity index (χ3v) is 18.7. The van der Waals surface area contributed by atoms with Crippen LogP contribution in [0.15, 0.2) is 50.6 Å². The topological polar surface area (TPSA) is 651 Å². The van der Waals surface area contributed by atoms with Crippen molar-refractivity contribution < 1.29 is 120 Å². The highest BCUT2D eigenvalue weighted by Crippen LogP contribution is 2.53. The fourth-order valence-corrected chi connectivity index (χ4v) is 14.1. The van der Waals surface area contributed by atoms with Crippen LogP contribution in [0.2, 0.25) is 0 Å². The molecule has 0 radical (unpaired) electrons. The van der Waals surface area contributed by atoms with Gasteiger partial charge in [-0.25, -0.2) is 59.8 Å². The summed E-state index contributed by atoms with van der Waals surface area (Å²) in [4.78, 5) is 101. The molecule has 8 aromatic heterocycles. The number of aromatic nitrogens is 16. The predicted octanol–water partition coefficient (Wildman–Crippen LogP) is -4.15. The van der Waals surface area contributed by atoms with Crippen LogP contribution >= 0.6 is 30.4 Å². The number of aliphatic hydroxyl groups excluding tert-OH is 5. The fourth-order valence-electron chi connectivity index (χ4n) is 10.7. The monoisotopic (exact) mass is 1390 g/mol. The molecule has 4 saturated heterocycles. The molecule has 93 heavy (non-hydrogen) atoms. The van der Waals surface area contributed by atoms with E-state index >= 15 is 0 Å². The van der Waals surface area contributed by atoms with Crippen LogP contribution in [0.1, 0.15) is 24.9 Å². The van der Waals surface area contributed by atoms with Crippen LogP contribution in [0.25, 0.3) is 44.7 Å². The van der Waals surface area contributed by atoms with Gasteiger partial charge in [0, 0.05) is 0 Å². The van der Waals surface area contributed by atoms with E-state index in [0.29, 0.717) is 0 Å². The average molecular weight is 1390 g/mol. The number of nitrogen functional groups attached to an aromatic ring is 4. The first kappa shape index (κ1) is 66.5. The Morgan fingerprint density at radius 2 is 0.624 bits per heavy atom. The van der Waals surface area contributed by atoms with Crippen LogP contribution in [-0.4, -0.2) is 253 Å². The molecular weight excluding hydrogens is 1330 g/mol. The van der Waals surface area contributed by atoms with Gasteiger partial charge in [0.25, 0.3) is 0 Å². The third-order valence-electron chi connectivity index (χ3n) is 14.9. The molecule has 19 atom stereocenters. The summed E-state index contributed by atoms with van der Waals surface area (Å²) in [6.45, 7) is -2.75. The summed E-state index contributed by atoms with van der Waals surface area (Å²) in [5.74, 6) is -0.182. The van der Waals surface area contributed by atoms with E-state index in [9.17, 15) is 68.3 Å². The second kappa shape index (κ2) is 26.2. The standard InChI is InChI=1S/C44H58N20O25P4/c45-33-21-37(53-5-49-33)61(9-57-21)41-29(69)25(65)17(83-41)1-80-14-91(73,74)88-31-27(67)19(85-43(31)63-11-59-23-35(47)51-7-55-39(23)63)3-82-16-93(77,78)89-32-28(68)20(86-44(32)64-12-60-24-36(48)52-8-56-40(24)64)4-81-15-92(75,76)87-30-26(66)18(2-79-13-90(70,71)72)84-42(30)62-10-58-22-34(46)50-6-54-38(22)62/h5-12,17-20,25-32,41-44,65-69H,1-4,13-16H2,(H,73,74)(H,75,76)(H,77,78)(H2,45,49,53)(H2,46,50,54)(H2,47,51,55)(H2,48,52,56)(H2,70,71,72)/t17-,18-,19-,20-,25+,26+,27+,28+,29-,30-,31-,32-,41-,42-,43-,44-/m1/s1. The van der Waals surface area contributed by atoms with Crippen molar-refractivity contribution in [3.05, 3.63) is 50.6 Å². The second-order valence-electron chi connectivity index (χ2n) is 21.3. The summed E-state index contributed by atoms with van der Waals surface area (Å²) in [7, 11) is -19.8. The number of aliphatic hydroxyl groups is 5. The summed E-state index contributed by atoms with van der Waals surface area (Å²) in [6.07, 6.45) is -21.4. The zero-order chi connectivity index (χ0) is 66.1. The molecule has 0 amide bonds. The number of anilines is 4. The highest BCUT2D eigenvalue weighted by atomic mass is 31.2. The van der Waals surface area contributed by atoms with E-state index in [0.717, 1.165) is 44.3 Å². The maximum Gasteiger partial charge on any atom is 0.354 e. The molecule has 18 N–H and O–H groups in total. The van der Waals surface area contributed by atoms with Crippen molar-refractivity contribution in [2.24, 2.45) is 0 Å². The van der Waals surface area contributed by atoms with Crippen LogP contribution in [0.4, 0.5) is 23.3 Å². The number of fused-ring (bicyclic) bond motifs is 4. The zero-order valence-corrected chi connectivity index (χ0v) is 50.9. The Hall–Kier alpha value is -6.52. The van der Waals surface area contributed by atoms with Crippen molar-refractivity contribution in [1.29, 1.82) is 0 Å². The van der Waals surface area contributed by atoms with E-state index in [1.165, 1.54) is 24.6 Å². The second-order valence-corrected chi connectivity index (χ2v) is 28.2. The molecule has 3 unspecified atom stereocenters. The molecule has 0 saturated carbocycles. The minimum Gasteiger partial charge on any atom is -0.387 e. The molecule has 45 nitrogen and oxygen atoms in total. The first-order chi connectivity index (χ1) is 44.2. The van der Waals surface area contributed by atoms with Crippen molar-refractivity contribution in [2.75, 3.05) is 74.8 Å². The van der Waals surface area contributed by atoms with Gasteiger partial charge < -0.3 is 111 Å². The van der Waals surface area contributed by atoms with Crippen LogP contribution in [0, 0.1) is 0 Å². The Morgan fingerprint density at radius 1 is 0.366 bits per heavy atom. The van der Waals surface area contributed by atoms with Gasteiger partial charge in [-0.2, -0.15) is 0 Å². The molecule has 4 aliphatic rings. The Morgan fingerprint density at radius 3 is 0.914 bits per heavy atom. The van der Waals surface area contributed by atoms with Crippen molar-refractivity contribution >= 4 is 98.3 Å². The number of ether oxygens (including phenoxy) is 8. The van der Waals surface area contributed by atoms with Gasteiger partial charge in [-0.1, -0.05) is 0 Å². The molecule has 0 spiro atoms. The Balaban J connectivity index is 0.704. The average Bonchev–Trinajstić information content (AvgIpc) is 1.65. The van der Waals surface area contributed by atoms with Crippen LogP contribution in [0.3, 0.4) is 0 Å². The lowest BCUT2D eigenvalue weighted by atomic mass is 10.1. The molecule has 504 valence electrons. The molecule has 8 aromatic rings. The lowest BCUT2D eigenvalue weighted by molar-refractivity contribution is -0.0664. The molecule has 4 aliphatic heterocycles. The number of hydrogen-bond acceptors (Lipinski definition) is 36. The molecule has 0 bridgehead atoms. The molecule has 4 fully saturated rings. The van der Waals surface area contributed by atoms with E-state index in [1.807, 2.05) is 0 Å². The number of imidazole rings is 4. The molecule has 0 aliphatic carbocycles. The van der Waals surface area contributed by atoms with E-state index < -0.39 is 180 Å². The molecule has 12 rings (SSSR count). The molecular formula is C44H58N20O25P4. The van der Waals surface area contributed by atoms with Gasteiger partial charge in [0.15, 0.2) is 70.8 Å². The van der Waals surface area contributed by atoms with Gasteiger partial charge in [0.05, 0.1) is 51.7 Å². The predicted molar refractivity (Wildman–Crippen MR) is 304 cm³/mol. The first-order valence-corrected chi connectivity index (χ1v) is 34.4. The smallest absolute Gasteiger partial charge is 0.354 e. The number of nitrogens with zero attached hydrogens (tertiary/aromatic N) is 16. The minimum atomic E-state index is -5.12. The largest absolute Gasteiger partial charge is 0.387 e. The fraction of sp³-hybridized carbons (Fsp3) is 0.545. The lowest BCUT2D eigenvalue weighted by Gasteiger charge is -2.25. The quantitative estimate of drug-likeness (QED) is 0.0229. The van der Waals surface area contributed by atoms with Gasteiger partial charge in [-0.15, -0.1) is 0 Å². The first-order valence-electron chi connectivity index (χ1n) is 27.3. The van der Waals surface area contributed by atoms with E-state index in [2.05, 4.69) is 59.8 Å². The van der Waals surface area contributed by atoms with Gasteiger partial charge in [-0.05, 0) is 0 Å². The van der Waals surface area contributed by atoms with Gasteiger partial charge >= 0.3 is 30.4 Å². The normalized spacial score (nSPS) is 30.5. The number of nitrogens with two attached hydrogens (primary N) is 4. The van der Waals surface area contributed by atoms with Crippen molar-refractivity contribution in [1.82, 2.24) is 78.1 Å². The highest BCUT2D eigenvalue weighted by Gasteiger charge is 2.54. The number of rotatable bonds is 26. The van der Waals surface area contributed by atoms with E-state index in [4.69, 9.17) is 74.4 Å². The molecule has 12 heterocycles. The Bertz CT molecular complexity index is 4230. The summed E-state index contributed by atoms with van der Waals surface area (Å²) in [5, 5.41) is 56.7. The highest BCUT2D eigenvalue weighted by molar-refractivity contribution is 7.53. The Kier molecular flexibility index (Phi) is 18.8. The van der Waals surface area contributed by atoms with E-state index in [1.54, 1.807) is 0 Å². The molecule has 0 aromatic carbocycles. The van der Waals surface area contributed by atoms with Crippen LogP contribution in [-0.2, 0) is 69.7 Å². The van der Waals surface area contributed by atoms with Gasteiger partial charge in [-0.3, -0.25) is 50.1 Å². The van der Waals surface area contributed by atoms with Crippen LogP contribution in [0.5, 0.6) is 0 Å². The summed E-state index contributed by atoms with van der Waals surface area (Å²) in [5.41, 5.74) is 24.5. The maximum absolute atomic E-state index is 14.1. The van der Waals surface area contributed by atoms with Crippen LogP contribution < -0.4 is 22.9 Å². The van der Waals surface area contributed by atoms with Crippen molar-refractivity contribution in [3.63, 3.8) is 0 Å². The lowest BCUT2D eigenvalue weighted by Crippen LogP contribution is -2.37. The van der Waals surface area contributed by atoms with E-state index in [-0.39, 0.29) is 67.9 Å². The maximum atomic E-state index is 14.1. The summed E-state index contributed by atoms with van der Waals surface area (Å²) in [6, 6.07) is 0. The Labute approximate surface area is 518 Å². The third kappa shape index (κ3) is 13.7. The summed E-state index contributed by atoms with van der Waals surface area (Å²) >= 11 is 0. The minimum absolute atomic E-state index is 0.0125. The van der Waals surface area contributed by atoms with Crippen molar-refractivity contribution in [3.8, 4) is 0 Å². The SMILES string of the molecule is Nc1ncnc2c1ncn2[C@@H]1O[C@H](COCP(=O)(O)O[C@@H]2[C@@H](O)[C@@H](COCP(=O)(O)O[C@@H]3[C@@H](O)[C@@H](COCP(=O)(O)O[C@@H]4[C@@H](O)[C@@H](COCP(=O)(O)O)O[C@H]4n4cnc5c(N)ncnc54)O[C@H]3n3cnc4c(N)ncnc43)O[C@H]2n2cnc3c(N)ncnc32)[C@H](O)[C@H]1O. The number of hydrogen-bond donors (Lipinski definition) is 14. The zero-order valence-electron chi connectivity index (χ0n) is 47.4. The summed E-state index contributed by atoms with van der Waals surface area (Å²) < 4.78 is 121. The van der Waals surface area contributed by atoms with Crippen molar-refractivity contribution in [2.45, 2.75) is 98.2 Å².